The van der Waals surface area contributed by atoms with E-state index >= 15 is 0 Å². The van der Waals surface area contributed by atoms with Gasteiger partial charge in [-0.15, -0.1) is 0 Å². The van der Waals surface area contributed by atoms with E-state index in [2.05, 4.69) is 47.5 Å². The van der Waals surface area contributed by atoms with Crippen LogP contribution in [0.25, 0.3) is 0 Å². The molecular formula is C14H24N4. The number of piperazine rings is 1. The van der Waals surface area contributed by atoms with Gasteiger partial charge in [0, 0.05) is 44.1 Å². The SMILES string of the molecule is CC(C)c1ccnc(N2CCN(C(C)C)CC2)n1. The van der Waals surface area contributed by atoms with Crippen LogP contribution in [0.1, 0.15) is 39.3 Å². The van der Waals surface area contributed by atoms with Crippen molar-refractivity contribution in [2.24, 2.45) is 0 Å². The molecule has 1 aliphatic rings. The molecule has 0 spiro atoms. The summed E-state index contributed by atoms with van der Waals surface area (Å²) in [5.41, 5.74) is 1.13. The average molecular weight is 248 g/mol. The smallest absolute Gasteiger partial charge is 0.225 e. The lowest BCUT2D eigenvalue weighted by Crippen LogP contribution is -2.49. The van der Waals surface area contributed by atoms with E-state index in [0.717, 1.165) is 37.8 Å². The summed E-state index contributed by atoms with van der Waals surface area (Å²) in [5.74, 6) is 1.35. The Kier molecular flexibility index (Phi) is 4.17. The molecule has 18 heavy (non-hydrogen) atoms. The van der Waals surface area contributed by atoms with Crippen LogP contribution in [0.5, 0.6) is 0 Å². The summed E-state index contributed by atoms with van der Waals surface area (Å²) in [6, 6.07) is 2.65. The van der Waals surface area contributed by atoms with Crippen molar-refractivity contribution in [2.75, 3.05) is 31.1 Å². The monoisotopic (exact) mass is 248 g/mol. The van der Waals surface area contributed by atoms with E-state index < -0.39 is 0 Å². The Morgan fingerprint density at radius 3 is 2.28 bits per heavy atom. The summed E-state index contributed by atoms with van der Waals surface area (Å²) in [5, 5.41) is 0. The van der Waals surface area contributed by atoms with Gasteiger partial charge in [-0.25, -0.2) is 9.97 Å². The molecule has 4 heteroatoms. The van der Waals surface area contributed by atoms with Crippen LogP contribution in [0.3, 0.4) is 0 Å². The second kappa shape index (κ2) is 5.65. The van der Waals surface area contributed by atoms with Gasteiger partial charge in [0.1, 0.15) is 0 Å². The molecule has 0 aromatic carbocycles. The highest BCUT2D eigenvalue weighted by Crippen LogP contribution is 2.16. The third kappa shape index (κ3) is 2.99. The van der Waals surface area contributed by atoms with Gasteiger partial charge in [-0.05, 0) is 25.8 Å². The molecule has 4 nitrogen and oxygen atoms in total. The van der Waals surface area contributed by atoms with E-state index in [1.54, 1.807) is 0 Å². The Bertz CT molecular complexity index is 381. The molecule has 1 saturated heterocycles. The first kappa shape index (κ1) is 13.3. The van der Waals surface area contributed by atoms with Crippen LogP contribution in [0.2, 0.25) is 0 Å². The molecule has 100 valence electrons. The Labute approximate surface area is 110 Å². The van der Waals surface area contributed by atoms with Crippen molar-refractivity contribution in [1.29, 1.82) is 0 Å². The molecule has 1 aromatic heterocycles. The standard InChI is InChI=1S/C14H24N4/c1-11(2)13-5-6-15-14(16-13)18-9-7-17(8-10-18)12(3)4/h5-6,11-12H,7-10H2,1-4H3. The van der Waals surface area contributed by atoms with Crippen molar-refractivity contribution in [3.8, 4) is 0 Å². The quantitative estimate of drug-likeness (QED) is 0.820. The van der Waals surface area contributed by atoms with Crippen LogP contribution in [0, 0.1) is 0 Å². The van der Waals surface area contributed by atoms with Gasteiger partial charge in [0.2, 0.25) is 5.95 Å². The molecule has 0 N–H and O–H groups in total. The normalized spacial score (nSPS) is 17.8. The van der Waals surface area contributed by atoms with Gasteiger partial charge in [0.15, 0.2) is 0 Å². The molecule has 0 aliphatic carbocycles. The first-order valence-electron chi connectivity index (χ1n) is 6.90. The molecule has 1 aliphatic heterocycles. The summed E-state index contributed by atoms with van der Waals surface area (Å²) in [6.07, 6.45) is 1.88. The van der Waals surface area contributed by atoms with E-state index in [0.29, 0.717) is 12.0 Å². The summed E-state index contributed by atoms with van der Waals surface area (Å²) in [4.78, 5) is 13.9. The van der Waals surface area contributed by atoms with Crippen LogP contribution >= 0.6 is 0 Å². The predicted octanol–water partition coefficient (Wildman–Crippen LogP) is 2.13. The van der Waals surface area contributed by atoms with E-state index in [9.17, 15) is 0 Å². The first-order valence-corrected chi connectivity index (χ1v) is 6.90. The summed E-state index contributed by atoms with van der Waals surface area (Å²) in [7, 11) is 0. The fourth-order valence-corrected chi connectivity index (χ4v) is 2.27. The molecule has 0 unspecified atom stereocenters. The van der Waals surface area contributed by atoms with Crippen molar-refractivity contribution in [3.63, 3.8) is 0 Å². The van der Waals surface area contributed by atoms with Crippen molar-refractivity contribution < 1.29 is 0 Å². The Morgan fingerprint density at radius 2 is 1.72 bits per heavy atom. The maximum atomic E-state index is 4.66. The molecule has 0 saturated carbocycles. The number of hydrogen-bond acceptors (Lipinski definition) is 4. The molecule has 1 aromatic rings. The van der Waals surface area contributed by atoms with Gasteiger partial charge in [-0.1, -0.05) is 13.8 Å². The topological polar surface area (TPSA) is 32.3 Å². The minimum Gasteiger partial charge on any atom is -0.338 e. The number of nitrogens with zero attached hydrogens (tertiary/aromatic N) is 4. The van der Waals surface area contributed by atoms with E-state index in [4.69, 9.17) is 0 Å². The Hall–Kier alpha value is -1.16. The van der Waals surface area contributed by atoms with Crippen molar-refractivity contribution in [1.82, 2.24) is 14.9 Å². The fourth-order valence-electron chi connectivity index (χ4n) is 2.27. The van der Waals surface area contributed by atoms with Crippen LogP contribution in [0.15, 0.2) is 12.3 Å². The molecule has 2 heterocycles. The Balaban J connectivity index is 2.03. The molecule has 0 atom stereocenters. The molecular weight excluding hydrogens is 224 g/mol. The van der Waals surface area contributed by atoms with Crippen molar-refractivity contribution in [2.45, 2.75) is 39.7 Å². The first-order chi connectivity index (χ1) is 8.58. The highest BCUT2D eigenvalue weighted by molar-refractivity contribution is 5.31. The molecule has 0 amide bonds. The summed E-state index contributed by atoms with van der Waals surface area (Å²) in [6.45, 7) is 13.1. The molecule has 0 radical (unpaired) electrons. The lowest BCUT2D eigenvalue weighted by Gasteiger charge is -2.37. The third-order valence-corrected chi connectivity index (χ3v) is 3.58. The van der Waals surface area contributed by atoms with Gasteiger partial charge < -0.3 is 4.90 Å². The minimum atomic E-state index is 0.462. The molecule has 2 rings (SSSR count). The van der Waals surface area contributed by atoms with Crippen LogP contribution in [-0.2, 0) is 0 Å². The molecule has 1 fully saturated rings. The largest absolute Gasteiger partial charge is 0.338 e. The van der Waals surface area contributed by atoms with Gasteiger partial charge in [0.05, 0.1) is 0 Å². The van der Waals surface area contributed by atoms with E-state index in [-0.39, 0.29) is 0 Å². The molecule has 0 bridgehead atoms. The average Bonchev–Trinajstić information content (AvgIpc) is 2.39. The number of anilines is 1. The zero-order valence-electron chi connectivity index (χ0n) is 11.9. The van der Waals surface area contributed by atoms with Crippen LogP contribution < -0.4 is 4.90 Å². The summed E-state index contributed by atoms with van der Waals surface area (Å²) < 4.78 is 0. The number of rotatable bonds is 3. The lowest BCUT2D eigenvalue weighted by atomic mass is 10.1. The number of hydrogen-bond donors (Lipinski definition) is 0. The Morgan fingerprint density at radius 1 is 1.06 bits per heavy atom. The third-order valence-electron chi connectivity index (χ3n) is 3.58. The van der Waals surface area contributed by atoms with Crippen molar-refractivity contribution in [3.05, 3.63) is 18.0 Å². The highest BCUT2D eigenvalue weighted by atomic mass is 15.3. The second-order valence-corrected chi connectivity index (χ2v) is 5.55. The minimum absolute atomic E-state index is 0.462. The zero-order valence-corrected chi connectivity index (χ0v) is 11.9. The second-order valence-electron chi connectivity index (χ2n) is 5.55. The van der Waals surface area contributed by atoms with E-state index in [1.165, 1.54) is 0 Å². The number of aromatic nitrogens is 2. The summed E-state index contributed by atoms with van der Waals surface area (Å²) >= 11 is 0. The van der Waals surface area contributed by atoms with Gasteiger partial charge in [0.25, 0.3) is 0 Å². The highest BCUT2D eigenvalue weighted by Gasteiger charge is 2.20. The van der Waals surface area contributed by atoms with Crippen LogP contribution in [0.4, 0.5) is 5.95 Å². The maximum absolute atomic E-state index is 4.66. The van der Waals surface area contributed by atoms with Gasteiger partial charge in [-0.2, -0.15) is 0 Å². The van der Waals surface area contributed by atoms with Crippen molar-refractivity contribution >= 4 is 5.95 Å². The van der Waals surface area contributed by atoms with Gasteiger partial charge >= 0.3 is 0 Å². The zero-order chi connectivity index (χ0) is 13.1. The lowest BCUT2D eigenvalue weighted by molar-refractivity contribution is 0.208. The predicted molar refractivity (Wildman–Crippen MR) is 75.0 cm³/mol. The van der Waals surface area contributed by atoms with E-state index in [1.807, 2.05) is 12.3 Å². The maximum Gasteiger partial charge on any atom is 0.225 e. The van der Waals surface area contributed by atoms with Gasteiger partial charge in [-0.3, -0.25) is 4.90 Å². The van der Waals surface area contributed by atoms with Crippen LogP contribution in [-0.4, -0.2) is 47.1 Å². The fraction of sp³-hybridized carbons (Fsp3) is 0.714.